The summed E-state index contributed by atoms with van der Waals surface area (Å²) in [4.78, 5) is 29.2. The van der Waals surface area contributed by atoms with Crippen LogP contribution in [0.5, 0.6) is 0 Å². The van der Waals surface area contributed by atoms with Crippen molar-refractivity contribution in [2.75, 3.05) is 26.5 Å². The van der Waals surface area contributed by atoms with Crippen molar-refractivity contribution in [2.24, 2.45) is 5.92 Å². The number of hydrogen-bond acceptors (Lipinski definition) is 6. The number of esters is 1. The molecule has 1 aromatic rings. The number of hydrogen-bond donors (Lipinski definition) is 0. The molecule has 0 fully saturated rings. The molecule has 7 heteroatoms. The number of aryl methyl sites for hydroxylation is 1. The van der Waals surface area contributed by atoms with Crippen LogP contribution >= 0.6 is 23.1 Å². The number of ether oxygens (including phenoxy) is 1. The maximum Gasteiger partial charge on any atom is 0.310 e. The molecule has 0 saturated carbocycles. The van der Waals surface area contributed by atoms with E-state index in [0.29, 0.717) is 13.0 Å². The minimum atomic E-state index is -0.297. The zero-order chi connectivity index (χ0) is 15.8. The molecule has 5 nitrogen and oxygen atoms in total. The van der Waals surface area contributed by atoms with Crippen LogP contribution < -0.4 is 0 Å². The van der Waals surface area contributed by atoms with Crippen molar-refractivity contribution in [3.8, 4) is 0 Å². The van der Waals surface area contributed by atoms with Crippen molar-refractivity contribution in [3.05, 3.63) is 16.1 Å². The minimum Gasteiger partial charge on any atom is -0.469 e. The van der Waals surface area contributed by atoms with E-state index in [4.69, 9.17) is 0 Å². The number of amides is 1. The van der Waals surface area contributed by atoms with Gasteiger partial charge in [0.15, 0.2) is 0 Å². The Labute approximate surface area is 134 Å². The normalized spacial score (nSPS) is 12.0. The number of carbonyl (C=O) groups excluding carboxylic acids is 2. The Bertz CT molecular complexity index is 477. The average Bonchev–Trinajstić information content (AvgIpc) is 2.87. The van der Waals surface area contributed by atoms with Gasteiger partial charge in [0.25, 0.3) is 0 Å². The molecule has 1 amide bonds. The lowest BCUT2D eigenvalue weighted by atomic mass is 10.1. The van der Waals surface area contributed by atoms with E-state index in [1.54, 1.807) is 42.0 Å². The first kappa shape index (κ1) is 18.0. The molecule has 1 unspecified atom stereocenters. The van der Waals surface area contributed by atoms with Crippen molar-refractivity contribution in [1.29, 1.82) is 0 Å². The first-order valence-corrected chi connectivity index (χ1v) is 8.78. The number of nitrogens with zero attached hydrogens (tertiary/aromatic N) is 2. The van der Waals surface area contributed by atoms with E-state index < -0.39 is 0 Å². The predicted molar refractivity (Wildman–Crippen MR) is 86.4 cm³/mol. The molecule has 0 aliphatic carbocycles. The summed E-state index contributed by atoms with van der Waals surface area (Å²) in [6.07, 6.45) is 0.470. The molecule has 0 saturated heterocycles. The number of rotatable bonds is 8. The number of aromatic nitrogens is 1. The molecule has 0 radical (unpaired) electrons. The lowest BCUT2D eigenvalue weighted by Gasteiger charge is -2.20. The molecular formula is C14H22N2O3S2. The van der Waals surface area contributed by atoms with Crippen molar-refractivity contribution in [1.82, 2.24) is 9.88 Å². The van der Waals surface area contributed by atoms with Gasteiger partial charge in [0.2, 0.25) is 5.91 Å². The second-order valence-electron chi connectivity index (χ2n) is 4.86. The Balaban J connectivity index is 2.22. The van der Waals surface area contributed by atoms with E-state index in [-0.39, 0.29) is 17.8 Å². The third kappa shape index (κ3) is 6.48. The number of thioether (sulfide) groups is 1. The second kappa shape index (κ2) is 9.04. The highest BCUT2D eigenvalue weighted by Crippen LogP contribution is 2.16. The summed E-state index contributed by atoms with van der Waals surface area (Å²) in [5.74, 6) is 1.05. The number of carbonyl (C=O) groups is 2. The van der Waals surface area contributed by atoms with Gasteiger partial charge >= 0.3 is 5.97 Å². The first-order valence-electron chi connectivity index (χ1n) is 6.74. The largest absolute Gasteiger partial charge is 0.469 e. The van der Waals surface area contributed by atoms with Gasteiger partial charge in [-0.1, -0.05) is 6.92 Å². The summed E-state index contributed by atoms with van der Waals surface area (Å²) in [6, 6.07) is 0. The molecule has 0 aliphatic heterocycles. The third-order valence-corrected chi connectivity index (χ3v) is 4.77. The molecule has 0 N–H and O–H groups in total. The molecule has 0 spiro atoms. The smallest absolute Gasteiger partial charge is 0.310 e. The Morgan fingerprint density at radius 3 is 2.81 bits per heavy atom. The molecule has 0 aromatic carbocycles. The topological polar surface area (TPSA) is 59.5 Å². The Hall–Kier alpha value is -1.08. The lowest BCUT2D eigenvalue weighted by Crippen LogP contribution is -2.34. The van der Waals surface area contributed by atoms with Crippen LogP contribution in [0.1, 0.15) is 24.0 Å². The highest BCUT2D eigenvalue weighted by Gasteiger charge is 2.18. The monoisotopic (exact) mass is 330 g/mol. The van der Waals surface area contributed by atoms with Gasteiger partial charge in [-0.2, -0.15) is 11.8 Å². The van der Waals surface area contributed by atoms with Crippen LogP contribution in [0.4, 0.5) is 0 Å². The molecular weight excluding hydrogens is 308 g/mol. The fraction of sp³-hybridized carbons (Fsp3) is 0.643. The van der Waals surface area contributed by atoms with Gasteiger partial charge in [0.1, 0.15) is 0 Å². The van der Waals surface area contributed by atoms with Crippen LogP contribution in [0, 0.1) is 12.8 Å². The van der Waals surface area contributed by atoms with E-state index >= 15 is 0 Å². The fourth-order valence-corrected chi connectivity index (χ4v) is 3.33. The van der Waals surface area contributed by atoms with E-state index in [1.807, 2.05) is 12.3 Å². The van der Waals surface area contributed by atoms with Crippen LogP contribution in [-0.2, 0) is 20.1 Å². The molecule has 0 bridgehead atoms. The van der Waals surface area contributed by atoms with E-state index in [2.05, 4.69) is 9.72 Å². The molecule has 1 aromatic heterocycles. The minimum absolute atomic E-state index is 0.0488. The van der Waals surface area contributed by atoms with Crippen LogP contribution in [-0.4, -0.2) is 48.2 Å². The molecule has 118 valence electrons. The Morgan fingerprint density at radius 1 is 1.52 bits per heavy atom. The average molecular weight is 330 g/mol. The molecule has 1 rings (SSSR count). The van der Waals surface area contributed by atoms with Crippen molar-refractivity contribution < 1.29 is 14.3 Å². The molecule has 21 heavy (non-hydrogen) atoms. The standard InChI is InChI=1S/C14H22N2O3S2/c1-10(14(18)19-4)7-16(3)13(17)5-6-20-8-12-9-21-11(2)15-12/h9-10H,5-8H2,1-4H3. The summed E-state index contributed by atoms with van der Waals surface area (Å²) in [5.41, 5.74) is 1.07. The van der Waals surface area contributed by atoms with E-state index in [1.165, 1.54) is 7.11 Å². The first-order chi connectivity index (χ1) is 9.93. The summed E-state index contributed by atoms with van der Waals surface area (Å²) in [5, 5.41) is 3.12. The number of thiazole rings is 1. The molecule has 1 atom stereocenters. The highest BCUT2D eigenvalue weighted by molar-refractivity contribution is 7.98. The van der Waals surface area contributed by atoms with Gasteiger partial charge in [-0.25, -0.2) is 4.98 Å². The van der Waals surface area contributed by atoms with E-state index in [0.717, 1.165) is 22.2 Å². The SMILES string of the molecule is COC(=O)C(C)CN(C)C(=O)CCSCc1csc(C)n1. The third-order valence-electron chi connectivity index (χ3n) is 2.95. The van der Waals surface area contributed by atoms with E-state index in [9.17, 15) is 9.59 Å². The van der Waals surface area contributed by atoms with Crippen molar-refractivity contribution >= 4 is 35.0 Å². The Kier molecular flexibility index (Phi) is 7.74. The summed E-state index contributed by atoms with van der Waals surface area (Å²) >= 11 is 3.34. The quantitative estimate of drug-likeness (QED) is 0.541. The predicted octanol–water partition coefficient (Wildman–Crippen LogP) is 2.34. The zero-order valence-electron chi connectivity index (χ0n) is 12.9. The lowest BCUT2D eigenvalue weighted by molar-refractivity contribution is -0.146. The maximum absolute atomic E-state index is 12.0. The van der Waals surface area contributed by atoms with Crippen LogP contribution in [0.3, 0.4) is 0 Å². The summed E-state index contributed by atoms with van der Waals surface area (Å²) in [6.45, 7) is 4.14. The maximum atomic E-state index is 12.0. The van der Waals surface area contributed by atoms with Crippen molar-refractivity contribution in [2.45, 2.75) is 26.0 Å². The molecule has 1 heterocycles. The van der Waals surface area contributed by atoms with Crippen LogP contribution in [0.25, 0.3) is 0 Å². The van der Waals surface area contributed by atoms with Gasteiger partial charge in [-0.05, 0) is 6.92 Å². The summed E-state index contributed by atoms with van der Waals surface area (Å²) < 4.78 is 4.66. The van der Waals surface area contributed by atoms with Crippen LogP contribution in [0.15, 0.2) is 5.38 Å². The van der Waals surface area contributed by atoms with Gasteiger partial charge in [-0.15, -0.1) is 11.3 Å². The number of methoxy groups -OCH3 is 1. The van der Waals surface area contributed by atoms with Crippen LogP contribution in [0.2, 0.25) is 0 Å². The second-order valence-corrected chi connectivity index (χ2v) is 7.03. The molecule has 0 aliphatic rings. The van der Waals surface area contributed by atoms with Gasteiger partial charge < -0.3 is 9.64 Å². The van der Waals surface area contributed by atoms with Gasteiger partial charge in [0, 0.05) is 36.9 Å². The Morgan fingerprint density at radius 2 is 2.24 bits per heavy atom. The fourth-order valence-electron chi connectivity index (χ4n) is 1.79. The highest BCUT2D eigenvalue weighted by atomic mass is 32.2. The van der Waals surface area contributed by atoms with Gasteiger partial charge in [-0.3, -0.25) is 9.59 Å². The zero-order valence-corrected chi connectivity index (χ0v) is 14.6. The van der Waals surface area contributed by atoms with Gasteiger partial charge in [0.05, 0.1) is 23.7 Å². The summed E-state index contributed by atoms with van der Waals surface area (Å²) in [7, 11) is 3.08. The van der Waals surface area contributed by atoms with Crippen molar-refractivity contribution in [3.63, 3.8) is 0 Å².